The molecular formula is C12H16N2O3. The van der Waals surface area contributed by atoms with Gasteiger partial charge in [0.2, 0.25) is 5.91 Å². The van der Waals surface area contributed by atoms with E-state index in [9.17, 15) is 9.59 Å². The Morgan fingerprint density at radius 3 is 2.65 bits per heavy atom. The maximum absolute atomic E-state index is 11.9. The van der Waals surface area contributed by atoms with Gasteiger partial charge in [0.25, 0.3) is 5.91 Å². The summed E-state index contributed by atoms with van der Waals surface area (Å²) < 4.78 is 5.32. The highest BCUT2D eigenvalue weighted by molar-refractivity contribution is 5.99. The van der Waals surface area contributed by atoms with Crippen LogP contribution in [-0.2, 0) is 4.79 Å². The van der Waals surface area contributed by atoms with Crippen molar-refractivity contribution in [2.24, 2.45) is 5.73 Å². The van der Waals surface area contributed by atoms with E-state index in [0.29, 0.717) is 17.9 Å². The van der Waals surface area contributed by atoms with Crippen LogP contribution in [0.4, 0.5) is 0 Å². The number of ether oxygens (including phenoxy) is 1. The number of primary amides is 1. The van der Waals surface area contributed by atoms with Crippen LogP contribution in [0.15, 0.2) is 24.3 Å². The topological polar surface area (TPSA) is 81.4 Å². The van der Waals surface area contributed by atoms with Crippen molar-refractivity contribution in [3.05, 3.63) is 29.8 Å². The van der Waals surface area contributed by atoms with Crippen molar-refractivity contribution in [2.75, 3.05) is 6.61 Å². The summed E-state index contributed by atoms with van der Waals surface area (Å²) in [6.45, 7) is 3.83. The van der Waals surface area contributed by atoms with Gasteiger partial charge < -0.3 is 15.8 Å². The van der Waals surface area contributed by atoms with Gasteiger partial charge in [-0.05, 0) is 26.0 Å². The normalized spacial score (nSPS) is 11.6. The molecule has 0 heterocycles. The average Bonchev–Trinajstić information content (AvgIpc) is 2.29. The number of para-hydroxylation sites is 1. The van der Waals surface area contributed by atoms with Crippen LogP contribution in [-0.4, -0.2) is 24.5 Å². The van der Waals surface area contributed by atoms with Gasteiger partial charge in [-0.15, -0.1) is 0 Å². The lowest BCUT2D eigenvalue weighted by molar-refractivity contribution is -0.119. The van der Waals surface area contributed by atoms with Crippen molar-refractivity contribution in [1.29, 1.82) is 0 Å². The molecular weight excluding hydrogens is 220 g/mol. The van der Waals surface area contributed by atoms with Crippen molar-refractivity contribution in [1.82, 2.24) is 5.32 Å². The van der Waals surface area contributed by atoms with E-state index in [0.717, 1.165) is 0 Å². The molecule has 0 bridgehead atoms. The summed E-state index contributed by atoms with van der Waals surface area (Å²) in [5.74, 6) is -0.461. The number of carbonyl (C=O) groups is 2. The molecule has 3 N–H and O–H groups in total. The maximum Gasteiger partial charge on any atom is 0.255 e. The molecule has 0 saturated heterocycles. The van der Waals surface area contributed by atoms with Gasteiger partial charge in [0.15, 0.2) is 0 Å². The number of nitrogens with two attached hydrogens (primary N) is 1. The summed E-state index contributed by atoms with van der Waals surface area (Å²) in [6, 6.07) is 6.13. The van der Waals surface area contributed by atoms with Gasteiger partial charge in [-0.25, -0.2) is 0 Å². The lowest BCUT2D eigenvalue weighted by Crippen LogP contribution is -2.42. The number of rotatable bonds is 5. The smallest absolute Gasteiger partial charge is 0.255 e. The summed E-state index contributed by atoms with van der Waals surface area (Å²) in [7, 11) is 0. The second kappa shape index (κ2) is 5.89. The van der Waals surface area contributed by atoms with Crippen LogP contribution in [0.5, 0.6) is 5.75 Å². The third kappa shape index (κ3) is 3.48. The van der Waals surface area contributed by atoms with E-state index in [1.54, 1.807) is 24.3 Å². The molecule has 0 radical (unpaired) electrons. The number of amides is 2. The van der Waals surface area contributed by atoms with Crippen LogP contribution >= 0.6 is 0 Å². The fourth-order valence-corrected chi connectivity index (χ4v) is 1.28. The van der Waals surface area contributed by atoms with Crippen LogP contribution < -0.4 is 15.8 Å². The van der Waals surface area contributed by atoms with E-state index < -0.39 is 11.9 Å². The molecule has 5 nitrogen and oxygen atoms in total. The minimum Gasteiger partial charge on any atom is -0.493 e. The molecule has 92 valence electrons. The second-order valence-electron chi connectivity index (χ2n) is 3.53. The molecule has 0 fully saturated rings. The van der Waals surface area contributed by atoms with Gasteiger partial charge in [0, 0.05) is 0 Å². The van der Waals surface area contributed by atoms with Crippen LogP contribution in [0.25, 0.3) is 0 Å². The van der Waals surface area contributed by atoms with Crippen LogP contribution in [0.1, 0.15) is 24.2 Å². The molecule has 1 unspecified atom stereocenters. The molecule has 2 amide bonds. The van der Waals surface area contributed by atoms with Crippen molar-refractivity contribution >= 4 is 11.8 Å². The number of carbonyl (C=O) groups excluding carboxylic acids is 2. The minimum absolute atomic E-state index is 0.375. The zero-order valence-electron chi connectivity index (χ0n) is 9.90. The largest absolute Gasteiger partial charge is 0.493 e. The summed E-state index contributed by atoms with van der Waals surface area (Å²) in [4.78, 5) is 22.7. The van der Waals surface area contributed by atoms with E-state index in [-0.39, 0.29) is 5.91 Å². The molecule has 0 aliphatic carbocycles. The number of benzene rings is 1. The Morgan fingerprint density at radius 2 is 2.06 bits per heavy atom. The second-order valence-corrected chi connectivity index (χ2v) is 3.53. The first kappa shape index (κ1) is 13.0. The van der Waals surface area contributed by atoms with Gasteiger partial charge in [0.1, 0.15) is 11.8 Å². The molecule has 1 aromatic rings. The summed E-state index contributed by atoms with van der Waals surface area (Å²) in [5, 5.41) is 2.50. The molecule has 17 heavy (non-hydrogen) atoms. The van der Waals surface area contributed by atoms with Gasteiger partial charge in [0.05, 0.1) is 12.2 Å². The van der Waals surface area contributed by atoms with Crippen LogP contribution in [0, 0.1) is 0 Å². The Labute approximate surface area is 99.9 Å². The molecule has 0 aliphatic rings. The zero-order chi connectivity index (χ0) is 12.8. The van der Waals surface area contributed by atoms with E-state index in [4.69, 9.17) is 10.5 Å². The fourth-order valence-electron chi connectivity index (χ4n) is 1.28. The Balaban J connectivity index is 2.84. The molecule has 0 aromatic heterocycles. The maximum atomic E-state index is 11.9. The van der Waals surface area contributed by atoms with Crippen molar-refractivity contribution in [3.8, 4) is 5.75 Å². The molecule has 5 heteroatoms. The molecule has 1 rings (SSSR count). The quantitative estimate of drug-likeness (QED) is 0.789. The summed E-state index contributed by atoms with van der Waals surface area (Å²) in [5.41, 5.74) is 5.47. The zero-order valence-corrected chi connectivity index (χ0v) is 9.90. The van der Waals surface area contributed by atoms with Crippen LogP contribution in [0.3, 0.4) is 0 Å². The predicted molar refractivity (Wildman–Crippen MR) is 63.7 cm³/mol. The predicted octanol–water partition coefficient (Wildman–Crippen LogP) is 0.689. The third-order valence-electron chi connectivity index (χ3n) is 2.21. The first-order valence-electron chi connectivity index (χ1n) is 5.38. The Hall–Kier alpha value is -2.04. The number of hydrogen-bond acceptors (Lipinski definition) is 3. The first-order valence-corrected chi connectivity index (χ1v) is 5.38. The van der Waals surface area contributed by atoms with Crippen molar-refractivity contribution in [2.45, 2.75) is 19.9 Å². The minimum atomic E-state index is -0.711. The van der Waals surface area contributed by atoms with Gasteiger partial charge >= 0.3 is 0 Å². The molecule has 1 aromatic carbocycles. The van der Waals surface area contributed by atoms with E-state index in [1.165, 1.54) is 6.92 Å². The monoisotopic (exact) mass is 236 g/mol. The van der Waals surface area contributed by atoms with E-state index >= 15 is 0 Å². The summed E-state index contributed by atoms with van der Waals surface area (Å²) in [6.07, 6.45) is 0. The van der Waals surface area contributed by atoms with Crippen molar-refractivity contribution in [3.63, 3.8) is 0 Å². The Bertz CT molecular complexity index is 418. The van der Waals surface area contributed by atoms with Gasteiger partial charge in [-0.2, -0.15) is 0 Å². The Kier molecular flexibility index (Phi) is 4.51. The molecule has 0 saturated carbocycles. The highest BCUT2D eigenvalue weighted by atomic mass is 16.5. The summed E-state index contributed by atoms with van der Waals surface area (Å²) >= 11 is 0. The van der Waals surface area contributed by atoms with Gasteiger partial charge in [-0.1, -0.05) is 12.1 Å². The van der Waals surface area contributed by atoms with Crippen molar-refractivity contribution < 1.29 is 14.3 Å². The highest BCUT2D eigenvalue weighted by Gasteiger charge is 2.16. The van der Waals surface area contributed by atoms with E-state index in [1.807, 2.05) is 6.92 Å². The molecule has 0 aliphatic heterocycles. The lowest BCUT2D eigenvalue weighted by atomic mass is 10.1. The highest BCUT2D eigenvalue weighted by Crippen LogP contribution is 2.17. The SMILES string of the molecule is CCOc1ccccc1C(=O)NC(C)C(N)=O. The number of nitrogens with one attached hydrogen (secondary N) is 1. The number of hydrogen-bond donors (Lipinski definition) is 2. The molecule has 0 spiro atoms. The molecule has 1 atom stereocenters. The average molecular weight is 236 g/mol. The third-order valence-corrected chi connectivity index (χ3v) is 2.21. The standard InChI is InChI=1S/C12H16N2O3/c1-3-17-10-7-5-4-6-9(10)12(16)14-8(2)11(13)15/h4-8H,3H2,1-2H3,(H2,13,15)(H,14,16). The van der Waals surface area contributed by atoms with E-state index in [2.05, 4.69) is 5.32 Å². The fraction of sp³-hybridized carbons (Fsp3) is 0.333. The van der Waals surface area contributed by atoms with Crippen LogP contribution in [0.2, 0.25) is 0 Å². The van der Waals surface area contributed by atoms with Gasteiger partial charge in [-0.3, -0.25) is 9.59 Å². The lowest BCUT2D eigenvalue weighted by Gasteiger charge is -2.13. The Morgan fingerprint density at radius 1 is 1.41 bits per heavy atom. The first-order chi connectivity index (χ1) is 8.06.